The molecule has 354 valence electrons. The van der Waals surface area contributed by atoms with Gasteiger partial charge in [0.05, 0.1) is 11.4 Å². The van der Waals surface area contributed by atoms with Crippen LogP contribution in [0, 0.1) is 18.5 Å². The Balaban J connectivity index is 0.00000608. The third kappa shape index (κ3) is 9.20. The summed E-state index contributed by atoms with van der Waals surface area (Å²) >= 11 is 0. The van der Waals surface area contributed by atoms with Crippen LogP contribution in [0.15, 0.2) is 182 Å². The number of fused-ring (bicyclic) bond motifs is 3. The normalized spacial score (nSPS) is 12.3. The molecule has 0 spiro atoms. The Hall–Kier alpha value is -6.81. The van der Waals surface area contributed by atoms with Crippen LogP contribution in [0.5, 0.6) is 11.5 Å². The van der Waals surface area contributed by atoms with E-state index in [4.69, 9.17) is 9.72 Å². The quantitative estimate of drug-likeness (QED) is 0.101. The van der Waals surface area contributed by atoms with Crippen molar-refractivity contribution in [3.63, 3.8) is 0 Å². The first-order chi connectivity index (χ1) is 32.9. The summed E-state index contributed by atoms with van der Waals surface area (Å²) in [6.07, 6.45) is 7.83. The molecule has 3 heterocycles. The number of aromatic nitrogens is 4. The molecule has 0 aliphatic rings. The second kappa shape index (κ2) is 18.5. The van der Waals surface area contributed by atoms with Crippen LogP contribution in [0.25, 0.3) is 50.3 Å². The van der Waals surface area contributed by atoms with Crippen molar-refractivity contribution in [2.75, 3.05) is 0 Å². The van der Waals surface area contributed by atoms with E-state index in [1.807, 2.05) is 24.4 Å². The molecule has 10 aromatic rings. The van der Waals surface area contributed by atoms with Crippen molar-refractivity contribution < 1.29 is 30.4 Å². The first-order valence-electron chi connectivity index (χ1n) is 24.0. The van der Waals surface area contributed by atoms with Crippen LogP contribution in [0.2, 0.25) is 0 Å². The molecular weight excluding hydrogens is 1040 g/mol. The molecule has 0 amide bonds. The van der Waals surface area contributed by atoms with Gasteiger partial charge in [-0.15, -0.1) is 29.7 Å². The summed E-state index contributed by atoms with van der Waals surface area (Å²) in [6.45, 7) is 22.8. The predicted octanol–water partition coefficient (Wildman–Crippen LogP) is 15.4. The van der Waals surface area contributed by atoms with Crippen LogP contribution in [0.4, 0.5) is 0 Å². The van der Waals surface area contributed by atoms with Crippen molar-refractivity contribution in [2.24, 2.45) is 0 Å². The molecule has 0 unspecified atom stereocenters. The van der Waals surface area contributed by atoms with Crippen LogP contribution in [0.3, 0.4) is 0 Å². The van der Waals surface area contributed by atoms with Gasteiger partial charge in [-0.25, -0.2) is 4.98 Å². The monoisotopic (exact) mass is 1100 g/mol. The van der Waals surface area contributed by atoms with Gasteiger partial charge in [0.2, 0.25) is 0 Å². The van der Waals surface area contributed by atoms with Crippen molar-refractivity contribution in [3.05, 3.63) is 234 Å². The van der Waals surface area contributed by atoms with Crippen molar-refractivity contribution in [3.8, 4) is 39.9 Å². The number of pyridine rings is 1. The van der Waals surface area contributed by atoms with Gasteiger partial charge in [-0.05, 0) is 91.2 Å². The molecule has 5 nitrogen and oxygen atoms in total. The zero-order valence-corrected chi connectivity index (χ0v) is 44.1. The molecule has 0 radical (unpaired) electrons. The van der Waals surface area contributed by atoms with Crippen molar-refractivity contribution in [2.45, 2.75) is 90.9 Å². The van der Waals surface area contributed by atoms with E-state index in [1.54, 1.807) is 0 Å². The fourth-order valence-corrected chi connectivity index (χ4v) is 9.45. The number of imidazole rings is 1. The van der Waals surface area contributed by atoms with Crippen LogP contribution < -0.4 is 9.30 Å². The predicted molar refractivity (Wildman–Crippen MR) is 282 cm³/mol. The van der Waals surface area contributed by atoms with Crippen LogP contribution in [-0.4, -0.2) is 14.1 Å². The average Bonchev–Trinajstić information content (AvgIpc) is 3.94. The Morgan fingerprint density at radius 1 is 0.500 bits per heavy atom. The minimum atomic E-state index is -0.245. The summed E-state index contributed by atoms with van der Waals surface area (Å²) in [7, 11) is 0. The van der Waals surface area contributed by atoms with E-state index in [1.165, 1.54) is 33.4 Å². The van der Waals surface area contributed by atoms with Crippen LogP contribution in [-0.2, 0) is 42.7 Å². The molecule has 0 aliphatic heterocycles. The van der Waals surface area contributed by atoms with Gasteiger partial charge in [-0.3, -0.25) is 4.57 Å². The summed E-state index contributed by atoms with van der Waals surface area (Å²) in [5, 5.41) is 2.23. The second-order valence-corrected chi connectivity index (χ2v) is 21.5. The Morgan fingerprint density at radius 3 is 1.77 bits per heavy atom. The van der Waals surface area contributed by atoms with E-state index in [0.29, 0.717) is 11.5 Å². The molecule has 0 bridgehead atoms. The third-order valence-electron chi connectivity index (χ3n) is 14.0. The van der Waals surface area contributed by atoms with E-state index in [0.717, 1.165) is 50.3 Å². The molecular formula is C64H60N4OPt-2. The van der Waals surface area contributed by atoms with E-state index >= 15 is 0 Å². The Morgan fingerprint density at radius 2 is 1.11 bits per heavy atom. The fourth-order valence-electron chi connectivity index (χ4n) is 9.45. The van der Waals surface area contributed by atoms with Crippen molar-refractivity contribution in [1.82, 2.24) is 14.1 Å². The summed E-state index contributed by atoms with van der Waals surface area (Å²) in [5.74, 6) is 1.98. The molecule has 6 heteroatoms. The minimum Gasteiger partial charge on any atom is -0.510 e. The van der Waals surface area contributed by atoms with Gasteiger partial charge in [-0.2, -0.15) is 18.2 Å². The molecule has 7 aromatic carbocycles. The molecule has 0 fully saturated rings. The number of hydrogen-bond acceptors (Lipinski definition) is 2. The van der Waals surface area contributed by atoms with Gasteiger partial charge >= 0.3 is 0 Å². The maximum atomic E-state index is 6.76. The van der Waals surface area contributed by atoms with Crippen molar-refractivity contribution in [1.29, 1.82) is 0 Å². The maximum absolute atomic E-state index is 6.76. The average molecular weight is 1100 g/mol. The van der Waals surface area contributed by atoms with Gasteiger partial charge in [0.15, 0.2) is 0 Å². The van der Waals surface area contributed by atoms with Gasteiger partial charge in [0.25, 0.3) is 6.33 Å². The molecule has 0 aliphatic carbocycles. The summed E-state index contributed by atoms with van der Waals surface area (Å²) in [4.78, 5) is 5.01. The smallest absolute Gasteiger partial charge is 0.267 e. The number of nitrogens with zero attached hydrogens (tertiary/aromatic N) is 4. The molecule has 70 heavy (non-hydrogen) atoms. The molecule has 0 saturated heterocycles. The van der Waals surface area contributed by atoms with E-state index in [2.05, 4.69) is 259 Å². The number of benzene rings is 7. The summed E-state index contributed by atoms with van der Waals surface area (Å²) < 4.78 is 13.2. The first-order valence-corrected chi connectivity index (χ1v) is 24.0. The second-order valence-electron chi connectivity index (χ2n) is 21.5. The van der Waals surface area contributed by atoms with Crippen molar-refractivity contribution >= 4 is 21.8 Å². The van der Waals surface area contributed by atoms with E-state index in [9.17, 15) is 0 Å². The molecule has 0 atom stereocenters. The number of ether oxygens (including phenoxy) is 1. The van der Waals surface area contributed by atoms with Gasteiger partial charge < -0.3 is 13.9 Å². The Labute approximate surface area is 428 Å². The topological polar surface area (TPSA) is 35.9 Å². The number of rotatable bonds is 10. The molecule has 3 aromatic heterocycles. The first kappa shape index (κ1) is 48.2. The van der Waals surface area contributed by atoms with Gasteiger partial charge in [-0.1, -0.05) is 184 Å². The van der Waals surface area contributed by atoms with E-state index in [-0.39, 0.29) is 42.7 Å². The minimum absolute atomic E-state index is 0. The van der Waals surface area contributed by atoms with E-state index < -0.39 is 0 Å². The standard InChI is InChI=1S/C64H60N4O.Pt/c1-61(2,3)47-29-32-57-56(38-47)55-31-30-54(41-58(55)68(57)60-39-48(33-34-65-60)63(7,8)45-23-16-12-17-24-45)69-53-28-20-27-51(40-53)67-43-66(42-59(67)44-21-14-11-15-22-44)52-36-49(62(4,5)6)35-50(37-52)64(9,10)46-25-18-13-19-26-46;/h11-39,42H,1-10H3;/q-2;. The Kier molecular flexibility index (Phi) is 12.7. The molecule has 0 saturated carbocycles. The fraction of sp³-hybridized carbons (Fsp3) is 0.219. The number of hydrogen-bond donors (Lipinski definition) is 0. The zero-order chi connectivity index (χ0) is 48.3. The van der Waals surface area contributed by atoms with Crippen LogP contribution in [0.1, 0.15) is 103 Å². The van der Waals surface area contributed by atoms with Crippen LogP contribution >= 0.6 is 0 Å². The molecule has 0 N–H and O–H groups in total. The van der Waals surface area contributed by atoms with Gasteiger partial charge in [0, 0.05) is 61.3 Å². The summed E-state index contributed by atoms with van der Waals surface area (Å²) in [5.41, 5.74) is 12.7. The Bertz CT molecular complexity index is 3480. The third-order valence-corrected chi connectivity index (χ3v) is 14.0. The molecule has 10 rings (SSSR count). The summed E-state index contributed by atoms with van der Waals surface area (Å²) in [6, 6.07) is 67.6. The SMILES string of the molecule is CC(C)(C)c1cc(-[n+]2[c-]n(-c3[c-]c(Oc4[c-]c5c(cc4)c4cc(C(C)(C)C)ccc4n5-c4cc(C(C)(C)c5ccccc5)ccn4)ccc3)c(-c3ccccc3)c2)cc(C(C)(C)c2ccccc2)c1.[Pt]. The van der Waals surface area contributed by atoms with Gasteiger partial charge in [0.1, 0.15) is 5.82 Å². The largest absolute Gasteiger partial charge is 0.510 e. The zero-order valence-electron chi connectivity index (χ0n) is 41.8. The maximum Gasteiger partial charge on any atom is 0.267 e.